The molecule has 2 atom stereocenters. The molecule has 1 saturated heterocycles. The van der Waals surface area contributed by atoms with Crippen molar-refractivity contribution in [3.63, 3.8) is 0 Å². The molecule has 1 amide bonds. The van der Waals surface area contributed by atoms with Gasteiger partial charge in [-0.05, 0) is 12.3 Å². The Kier molecular flexibility index (Phi) is 3.98. The maximum Gasteiger partial charge on any atom is 0.471 e. The van der Waals surface area contributed by atoms with E-state index in [4.69, 9.17) is 0 Å². The number of alkyl halides is 4. The molecule has 2 unspecified atom stereocenters. The number of hydrogen-bond donors (Lipinski definition) is 0. The van der Waals surface area contributed by atoms with Crippen molar-refractivity contribution in [1.29, 1.82) is 0 Å². The van der Waals surface area contributed by atoms with Gasteiger partial charge in [0.25, 0.3) is 0 Å². The van der Waals surface area contributed by atoms with Gasteiger partial charge >= 0.3 is 12.1 Å². The minimum Gasteiger partial charge on any atom is -0.325 e. The Morgan fingerprint density at radius 1 is 1.44 bits per heavy atom. The smallest absolute Gasteiger partial charge is 0.325 e. The van der Waals surface area contributed by atoms with E-state index in [1.54, 1.807) is 6.92 Å². The lowest BCUT2D eigenvalue weighted by Crippen LogP contribution is -2.48. The molecule has 0 N–H and O–H groups in total. The summed E-state index contributed by atoms with van der Waals surface area (Å²) < 4.78 is 36.8. The van der Waals surface area contributed by atoms with Crippen molar-refractivity contribution in [2.75, 3.05) is 11.9 Å². The molecular weight excluding hydrogens is 291 g/mol. The molecule has 16 heavy (non-hydrogen) atoms. The summed E-state index contributed by atoms with van der Waals surface area (Å²) in [6.45, 7) is 1.66. The molecule has 1 aliphatic heterocycles. The van der Waals surface area contributed by atoms with Crippen molar-refractivity contribution in [1.82, 2.24) is 4.90 Å². The van der Waals surface area contributed by atoms with Crippen LogP contribution in [0.25, 0.3) is 0 Å². The van der Waals surface area contributed by atoms with Crippen LogP contribution in [0.3, 0.4) is 0 Å². The third kappa shape index (κ3) is 2.56. The highest BCUT2D eigenvalue weighted by atomic mass is 79.9. The number of amides is 1. The van der Waals surface area contributed by atoms with Crippen LogP contribution in [0.5, 0.6) is 0 Å². The van der Waals surface area contributed by atoms with Crippen LogP contribution in [0.1, 0.15) is 13.3 Å². The molecule has 1 rings (SSSR count). The van der Waals surface area contributed by atoms with Crippen LogP contribution in [-0.2, 0) is 9.59 Å². The summed E-state index contributed by atoms with van der Waals surface area (Å²) in [5, 5.41) is -0.0381. The van der Waals surface area contributed by atoms with Crippen LogP contribution >= 0.6 is 15.9 Å². The molecule has 0 saturated carbocycles. The maximum absolute atomic E-state index is 12.3. The second-order valence-corrected chi connectivity index (χ2v) is 4.37. The van der Waals surface area contributed by atoms with E-state index in [0.29, 0.717) is 11.3 Å². The highest BCUT2D eigenvalue weighted by molar-refractivity contribution is 9.09. The molecule has 0 bridgehead atoms. The summed E-state index contributed by atoms with van der Waals surface area (Å²) in [7, 11) is 0. The Labute approximate surface area is 99.1 Å². The van der Waals surface area contributed by atoms with E-state index in [1.807, 2.05) is 0 Å². The number of halogens is 4. The first kappa shape index (κ1) is 13.5. The summed E-state index contributed by atoms with van der Waals surface area (Å²) >= 11 is 2.91. The number of rotatable bonds is 2. The van der Waals surface area contributed by atoms with Gasteiger partial charge in [0.15, 0.2) is 5.78 Å². The Balaban J connectivity index is 2.88. The van der Waals surface area contributed by atoms with E-state index in [2.05, 4.69) is 15.9 Å². The number of likely N-dealkylation sites (tertiary alicyclic amines) is 1. The molecule has 1 fully saturated rings. The van der Waals surface area contributed by atoms with Crippen LogP contribution in [0.2, 0.25) is 0 Å². The fourth-order valence-electron chi connectivity index (χ4n) is 1.91. The first-order chi connectivity index (χ1) is 7.29. The normalized spacial score (nSPS) is 25.9. The van der Waals surface area contributed by atoms with Gasteiger partial charge in [0.1, 0.15) is 0 Å². The summed E-state index contributed by atoms with van der Waals surface area (Å²) in [5.41, 5.74) is 0. The molecule has 0 aromatic carbocycles. The van der Waals surface area contributed by atoms with Gasteiger partial charge in [0.05, 0.1) is 11.4 Å². The van der Waals surface area contributed by atoms with Crippen LogP contribution in [0.15, 0.2) is 0 Å². The number of hydrogen-bond acceptors (Lipinski definition) is 2. The molecule has 0 aromatic heterocycles. The van der Waals surface area contributed by atoms with Gasteiger partial charge in [-0.15, -0.1) is 0 Å². The largest absolute Gasteiger partial charge is 0.471 e. The minimum atomic E-state index is -4.91. The molecule has 0 aromatic rings. The van der Waals surface area contributed by atoms with E-state index in [-0.39, 0.29) is 23.6 Å². The van der Waals surface area contributed by atoms with Crippen LogP contribution < -0.4 is 0 Å². The third-order valence-electron chi connectivity index (χ3n) is 2.67. The lowest BCUT2D eigenvalue weighted by Gasteiger charge is -2.25. The van der Waals surface area contributed by atoms with Crippen LogP contribution in [0, 0.1) is 5.92 Å². The van der Waals surface area contributed by atoms with Crippen molar-refractivity contribution in [3.8, 4) is 0 Å². The molecular formula is C9H11BrF3NO2. The van der Waals surface area contributed by atoms with Gasteiger partial charge in [-0.25, -0.2) is 0 Å². The predicted molar refractivity (Wildman–Crippen MR) is 54.1 cm³/mol. The van der Waals surface area contributed by atoms with Gasteiger partial charge < -0.3 is 4.90 Å². The Hall–Kier alpha value is -0.590. The number of carbonyl (C=O) groups is 2. The summed E-state index contributed by atoms with van der Waals surface area (Å²) in [5.74, 6) is -2.53. The SMILES string of the molecule is CC1CCN(C(=O)C(F)(F)F)C1C(=O)CBr. The van der Waals surface area contributed by atoms with E-state index in [0.717, 1.165) is 0 Å². The number of Topliss-reactive ketones (excluding diaryl/α,β-unsaturated/α-hetero) is 1. The van der Waals surface area contributed by atoms with E-state index in [9.17, 15) is 22.8 Å². The van der Waals surface area contributed by atoms with Crippen LogP contribution in [0.4, 0.5) is 13.2 Å². The van der Waals surface area contributed by atoms with Crippen molar-refractivity contribution in [3.05, 3.63) is 0 Å². The highest BCUT2D eigenvalue weighted by Gasteiger charge is 2.49. The zero-order valence-electron chi connectivity index (χ0n) is 8.55. The fourth-order valence-corrected chi connectivity index (χ4v) is 2.24. The van der Waals surface area contributed by atoms with Crippen molar-refractivity contribution >= 4 is 27.6 Å². The monoisotopic (exact) mass is 301 g/mol. The summed E-state index contributed by atoms with van der Waals surface area (Å²) in [4.78, 5) is 23.2. The molecule has 1 aliphatic rings. The zero-order chi connectivity index (χ0) is 12.5. The first-order valence-electron chi connectivity index (χ1n) is 4.75. The third-order valence-corrected chi connectivity index (χ3v) is 3.22. The lowest BCUT2D eigenvalue weighted by atomic mass is 10.00. The summed E-state index contributed by atoms with van der Waals surface area (Å²) in [6, 6.07) is -0.950. The standard InChI is InChI=1S/C9H11BrF3NO2/c1-5-2-3-14(7(5)6(15)4-10)8(16)9(11,12)13/h5,7H,2-4H2,1H3. The van der Waals surface area contributed by atoms with Gasteiger partial charge in [-0.3, -0.25) is 9.59 Å². The topological polar surface area (TPSA) is 37.4 Å². The molecule has 0 radical (unpaired) electrons. The second-order valence-electron chi connectivity index (χ2n) is 3.81. The molecule has 3 nitrogen and oxygen atoms in total. The molecule has 0 aliphatic carbocycles. The average Bonchev–Trinajstić information content (AvgIpc) is 2.56. The fraction of sp³-hybridized carbons (Fsp3) is 0.778. The average molecular weight is 302 g/mol. The molecule has 92 valence electrons. The van der Waals surface area contributed by atoms with Gasteiger partial charge in [0, 0.05) is 6.54 Å². The number of carbonyl (C=O) groups excluding carboxylic acids is 2. The zero-order valence-corrected chi connectivity index (χ0v) is 10.1. The lowest BCUT2D eigenvalue weighted by molar-refractivity contribution is -0.186. The van der Waals surface area contributed by atoms with E-state index in [1.165, 1.54) is 0 Å². The van der Waals surface area contributed by atoms with E-state index < -0.39 is 18.1 Å². The van der Waals surface area contributed by atoms with Crippen molar-refractivity contribution in [2.24, 2.45) is 5.92 Å². The molecule has 7 heteroatoms. The molecule has 0 spiro atoms. The second kappa shape index (κ2) is 4.73. The predicted octanol–water partition coefficient (Wildman–Crippen LogP) is 1.75. The van der Waals surface area contributed by atoms with Gasteiger partial charge in [0.2, 0.25) is 0 Å². The maximum atomic E-state index is 12.3. The Morgan fingerprint density at radius 3 is 2.44 bits per heavy atom. The van der Waals surface area contributed by atoms with E-state index >= 15 is 0 Å². The van der Waals surface area contributed by atoms with Gasteiger partial charge in [-0.2, -0.15) is 13.2 Å². The minimum absolute atomic E-state index is 0.0110. The Morgan fingerprint density at radius 2 is 2.00 bits per heavy atom. The highest BCUT2D eigenvalue weighted by Crippen LogP contribution is 2.29. The van der Waals surface area contributed by atoms with Crippen molar-refractivity contribution < 1.29 is 22.8 Å². The van der Waals surface area contributed by atoms with Crippen LogP contribution in [-0.4, -0.2) is 40.7 Å². The molecule has 1 heterocycles. The summed E-state index contributed by atoms with van der Waals surface area (Å²) in [6.07, 6.45) is -4.49. The number of nitrogens with zero attached hydrogens (tertiary/aromatic N) is 1. The quantitative estimate of drug-likeness (QED) is 0.729. The first-order valence-corrected chi connectivity index (χ1v) is 5.87. The number of ketones is 1. The van der Waals surface area contributed by atoms with Crippen molar-refractivity contribution in [2.45, 2.75) is 25.6 Å². The Bertz CT molecular complexity index is 306. The van der Waals surface area contributed by atoms with Gasteiger partial charge in [-0.1, -0.05) is 22.9 Å².